The molecule has 1 atom stereocenters. The van der Waals surface area contributed by atoms with Crippen LogP contribution >= 0.6 is 0 Å². The first-order chi connectivity index (χ1) is 8.12. The van der Waals surface area contributed by atoms with Crippen molar-refractivity contribution in [1.82, 2.24) is 19.6 Å². The van der Waals surface area contributed by atoms with Crippen molar-refractivity contribution in [2.75, 3.05) is 26.2 Å². The normalized spacial score (nSPS) is 30.4. The molecule has 0 amide bonds. The van der Waals surface area contributed by atoms with Crippen LogP contribution in [0.2, 0.25) is 0 Å². The molecule has 1 aromatic rings. The second kappa shape index (κ2) is 3.79. The molecule has 2 fully saturated rings. The first-order valence-electron chi connectivity index (χ1n) is 5.82. The Hall–Kier alpha value is -0.920. The summed E-state index contributed by atoms with van der Waals surface area (Å²) in [5, 5.41) is 3.52. The molecule has 17 heavy (non-hydrogen) atoms. The summed E-state index contributed by atoms with van der Waals surface area (Å²) in [6, 6.07) is 0. The van der Waals surface area contributed by atoms with Gasteiger partial charge in [-0.2, -0.15) is 4.31 Å². The van der Waals surface area contributed by atoms with Crippen LogP contribution in [0.3, 0.4) is 0 Å². The van der Waals surface area contributed by atoms with E-state index >= 15 is 0 Å². The van der Waals surface area contributed by atoms with E-state index in [0.29, 0.717) is 13.1 Å². The number of hydrogen-bond acceptors (Lipinski definition) is 4. The van der Waals surface area contributed by atoms with Crippen LogP contribution in [0, 0.1) is 5.41 Å². The van der Waals surface area contributed by atoms with Gasteiger partial charge < -0.3 is 10.3 Å². The number of hydrogen-bond donors (Lipinski definition) is 2. The lowest BCUT2D eigenvalue weighted by Crippen LogP contribution is -2.33. The molecule has 1 aromatic heterocycles. The molecule has 3 rings (SSSR count). The van der Waals surface area contributed by atoms with Crippen LogP contribution in [0.1, 0.15) is 12.8 Å². The van der Waals surface area contributed by atoms with E-state index in [1.165, 1.54) is 12.5 Å². The molecule has 2 aliphatic rings. The molecule has 3 heterocycles. The predicted octanol–water partition coefficient (Wildman–Crippen LogP) is -0.216. The van der Waals surface area contributed by atoms with Crippen molar-refractivity contribution in [3.8, 4) is 0 Å². The van der Waals surface area contributed by atoms with Crippen molar-refractivity contribution in [3.63, 3.8) is 0 Å². The number of H-pyrrole nitrogens is 1. The largest absolute Gasteiger partial charge is 0.335 e. The smallest absolute Gasteiger partial charge is 0.260 e. The average molecular weight is 256 g/mol. The van der Waals surface area contributed by atoms with E-state index in [2.05, 4.69) is 15.3 Å². The number of rotatable bonds is 2. The third-order valence-corrected chi connectivity index (χ3v) is 5.60. The quantitative estimate of drug-likeness (QED) is 0.767. The van der Waals surface area contributed by atoms with Gasteiger partial charge in [0.15, 0.2) is 5.03 Å². The zero-order chi connectivity index (χ0) is 11.9. The van der Waals surface area contributed by atoms with Crippen molar-refractivity contribution >= 4 is 10.0 Å². The highest BCUT2D eigenvalue weighted by Gasteiger charge is 2.44. The number of aromatic amines is 1. The minimum Gasteiger partial charge on any atom is -0.335 e. The summed E-state index contributed by atoms with van der Waals surface area (Å²) in [6.45, 7) is 3.17. The first-order valence-corrected chi connectivity index (χ1v) is 7.26. The molecular weight excluding hydrogens is 240 g/mol. The van der Waals surface area contributed by atoms with Crippen molar-refractivity contribution in [2.24, 2.45) is 5.41 Å². The van der Waals surface area contributed by atoms with Gasteiger partial charge >= 0.3 is 0 Å². The summed E-state index contributed by atoms with van der Waals surface area (Å²) >= 11 is 0. The molecule has 2 N–H and O–H groups in total. The van der Waals surface area contributed by atoms with Crippen LogP contribution < -0.4 is 5.32 Å². The average Bonchev–Trinajstić information content (AvgIpc) is 3.02. The van der Waals surface area contributed by atoms with Gasteiger partial charge in [-0.1, -0.05) is 0 Å². The minimum atomic E-state index is -3.37. The lowest BCUT2D eigenvalue weighted by atomic mass is 9.87. The first kappa shape index (κ1) is 11.2. The van der Waals surface area contributed by atoms with Crippen molar-refractivity contribution < 1.29 is 8.42 Å². The predicted molar refractivity (Wildman–Crippen MR) is 61.9 cm³/mol. The SMILES string of the molecule is O=S(=O)(c1cnc[nH]1)N1CCC2(CCNC2)C1. The lowest BCUT2D eigenvalue weighted by Gasteiger charge is -2.22. The fourth-order valence-corrected chi connectivity index (χ4v) is 4.22. The fourth-order valence-electron chi connectivity index (χ4n) is 2.77. The van der Waals surface area contributed by atoms with E-state index in [1.807, 2.05) is 0 Å². The van der Waals surface area contributed by atoms with E-state index in [4.69, 9.17) is 0 Å². The summed E-state index contributed by atoms with van der Waals surface area (Å²) in [6.07, 6.45) is 4.79. The standard InChI is InChI=1S/C10H16N4O2S/c15-17(16,9-5-12-8-13-9)14-4-2-10(7-14)1-3-11-6-10/h5,8,11H,1-4,6-7H2,(H,12,13). The number of sulfonamides is 1. The van der Waals surface area contributed by atoms with Gasteiger partial charge in [0.25, 0.3) is 10.0 Å². The van der Waals surface area contributed by atoms with Gasteiger partial charge in [0, 0.05) is 19.6 Å². The lowest BCUT2D eigenvalue weighted by molar-refractivity contribution is 0.337. The third-order valence-electron chi connectivity index (χ3n) is 3.83. The minimum absolute atomic E-state index is 0.160. The molecule has 7 heteroatoms. The molecule has 1 unspecified atom stereocenters. The van der Waals surface area contributed by atoms with Crippen LogP contribution in [0.25, 0.3) is 0 Å². The molecule has 2 aliphatic heterocycles. The Kier molecular flexibility index (Phi) is 2.49. The Morgan fingerprint density at radius 1 is 1.41 bits per heavy atom. The molecule has 1 spiro atoms. The molecule has 0 saturated carbocycles. The van der Waals surface area contributed by atoms with Crippen LogP contribution in [0.4, 0.5) is 0 Å². The summed E-state index contributed by atoms with van der Waals surface area (Å²) in [5.74, 6) is 0. The number of aromatic nitrogens is 2. The summed E-state index contributed by atoms with van der Waals surface area (Å²) in [4.78, 5) is 6.45. The zero-order valence-electron chi connectivity index (χ0n) is 9.52. The van der Waals surface area contributed by atoms with Crippen molar-refractivity contribution in [3.05, 3.63) is 12.5 Å². The van der Waals surface area contributed by atoms with Gasteiger partial charge in [-0.3, -0.25) is 0 Å². The van der Waals surface area contributed by atoms with E-state index in [9.17, 15) is 8.42 Å². The highest BCUT2D eigenvalue weighted by Crippen LogP contribution is 2.37. The zero-order valence-corrected chi connectivity index (χ0v) is 10.3. The fraction of sp³-hybridized carbons (Fsp3) is 0.700. The van der Waals surface area contributed by atoms with Gasteiger partial charge in [0.05, 0.1) is 12.5 Å². The maximum Gasteiger partial charge on any atom is 0.260 e. The summed E-state index contributed by atoms with van der Waals surface area (Å²) < 4.78 is 26.1. The molecule has 0 bridgehead atoms. The number of nitrogens with one attached hydrogen (secondary N) is 2. The van der Waals surface area contributed by atoms with E-state index in [-0.39, 0.29) is 10.4 Å². The molecule has 2 saturated heterocycles. The Morgan fingerprint density at radius 3 is 2.94 bits per heavy atom. The molecule has 0 radical (unpaired) electrons. The Labute approximate surface area is 100 Å². The van der Waals surface area contributed by atoms with Crippen LogP contribution in [0.5, 0.6) is 0 Å². The molecule has 0 aromatic carbocycles. The molecule has 6 nitrogen and oxygen atoms in total. The van der Waals surface area contributed by atoms with Crippen LogP contribution in [-0.4, -0.2) is 48.9 Å². The van der Waals surface area contributed by atoms with Crippen LogP contribution in [-0.2, 0) is 10.0 Å². The molecular formula is C10H16N4O2S. The van der Waals surface area contributed by atoms with Crippen molar-refractivity contribution in [2.45, 2.75) is 17.9 Å². The summed E-state index contributed by atoms with van der Waals surface area (Å²) in [5.41, 5.74) is 0.160. The third kappa shape index (κ3) is 1.78. The number of imidazole rings is 1. The summed E-state index contributed by atoms with van der Waals surface area (Å²) in [7, 11) is -3.37. The maximum absolute atomic E-state index is 12.3. The second-order valence-electron chi connectivity index (χ2n) is 4.93. The highest BCUT2D eigenvalue weighted by molar-refractivity contribution is 7.89. The number of nitrogens with zero attached hydrogens (tertiary/aromatic N) is 2. The molecule has 94 valence electrons. The van der Waals surface area contributed by atoms with Crippen LogP contribution in [0.15, 0.2) is 17.6 Å². The molecule has 0 aliphatic carbocycles. The van der Waals surface area contributed by atoms with Gasteiger partial charge in [-0.25, -0.2) is 13.4 Å². The Morgan fingerprint density at radius 2 is 2.29 bits per heavy atom. The van der Waals surface area contributed by atoms with E-state index < -0.39 is 10.0 Å². The van der Waals surface area contributed by atoms with E-state index in [0.717, 1.165) is 25.9 Å². The highest BCUT2D eigenvalue weighted by atomic mass is 32.2. The van der Waals surface area contributed by atoms with Gasteiger partial charge in [0.2, 0.25) is 0 Å². The van der Waals surface area contributed by atoms with Gasteiger partial charge in [-0.15, -0.1) is 0 Å². The Bertz CT molecular complexity index is 490. The maximum atomic E-state index is 12.3. The van der Waals surface area contributed by atoms with Gasteiger partial charge in [0.1, 0.15) is 0 Å². The van der Waals surface area contributed by atoms with E-state index in [1.54, 1.807) is 4.31 Å². The Balaban J connectivity index is 1.83. The topological polar surface area (TPSA) is 78.1 Å². The second-order valence-corrected chi connectivity index (χ2v) is 6.84. The van der Waals surface area contributed by atoms with Gasteiger partial charge in [-0.05, 0) is 24.8 Å². The monoisotopic (exact) mass is 256 g/mol. The van der Waals surface area contributed by atoms with Crippen molar-refractivity contribution in [1.29, 1.82) is 0 Å².